The Morgan fingerprint density at radius 3 is 2.12 bits per heavy atom. The maximum absolute atomic E-state index is 13.0. The monoisotopic (exact) mass is 417 g/mol. The zero-order valence-electron chi connectivity index (χ0n) is 11.7. The summed E-state index contributed by atoms with van der Waals surface area (Å²) < 4.78 is 65.4. The summed E-state index contributed by atoms with van der Waals surface area (Å²) >= 11 is 17.3. The molecule has 0 aromatic heterocycles. The lowest BCUT2D eigenvalue weighted by atomic mass is 10.2. The fraction of sp³-hybridized carbons (Fsp3) is 0.143. The van der Waals surface area contributed by atoms with E-state index in [0.29, 0.717) is 6.07 Å². The van der Waals surface area contributed by atoms with Crippen LogP contribution in [-0.4, -0.2) is 8.42 Å². The molecule has 0 spiro atoms. The van der Waals surface area contributed by atoms with E-state index in [1.54, 1.807) is 0 Å². The molecule has 0 aliphatic carbocycles. The van der Waals surface area contributed by atoms with Crippen LogP contribution >= 0.6 is 34.8 Å². The zero-order chi connectivity index (χ0) is 18.1. The van der Waals surface area contributed by atoms with Gasteiger partial charge in [0.25, 0.3) is 0 Å². The van der Waals surface area contributed by atoms with E-state index < -0.39 is 33.2 Å². The molecule has 0 radical (unpaired) electrons. The number of hydrogen-bond donors (Lipinski definition) is 1. The number of nitrogens with one attached hydrogen (secondary N) is 1. The van der Waals surface area contributed by atoms with E-state index in [4.69, 9.17) is 34.8 Å². The molecule has 130 valence electrons. The van der Waals surface area contributed by atoms with Crippen LogP contribution in [0.15, 0.2) is 36.4 Å². The molecule has 0 saturated carbocycles. The highest BCUT2D eigenvalue weighted by molar-refractivity contribution is 7.91. The van der Waals surface area contributed by atoms with Gasteiger partial charge in [0.2, 0.25) is 10.0 Å². The molecule has 3 nitrogen and oxygen atoms in total. The molecule has 2 aromatic rings. The molecule has 0 aliphatic rings. The maximum Gasteiger partial charge on any atom is 0.418 e. The molecule has 10 heteroatoms. The first-order valence-corrected chi connectivity index (χ1v) is 9.08. The van der Waals surface area contributed by atoms with Crippen LogP contribution in [0.4, 0.5) is 18.9 Å². The maximum atomic E-state index is 13.0. The highest BCUT2D eigenvalue weighted by atomic mass is 35.5. The first-order valence-electron chi connectivity index (χ1n) is 6.30. The van der Waals surface area contributed by atoms with Gasteiger partial charge in [-0.1, -0.05) is 40.9 Å². The molecular formula is C14H9Cl3F3NO2S. The second kappa shape index (κ2) is 7.00. The van der Waals surface area contributed by atoms with Gasteiger partial charge in [-0.25, -0.2) is 8.42 Å². The highest BCUT2D eigenvalue weighted by Gasteiger charge is 2.35. The lowest BCUT2D eigenvalue weighted by Gasteiger charge is -2.16. The van der Waals surface area contributed by atoms with E-state index in [0.717, 1.165) is 12.1 Å². The van der Waals surface area contributed by atoms with Crippen LogP contribution in [0, 0.1) is 0 Å². The molecule has 0 atom stereocenters. The van der Waals surface area contributed by atoms with E-state index in [9.17, 15) is 21.6 Å². The number of rotatable bonds is 4. The van der Waals surface area contributed by atoms with Crippen LogP contribution in [0.25, 0.3) is 0 Å². The van der Waals surface area contributed by atoms with Crippen molar-refractivity contribution in [3.8, 4) is 0 Å². The van der Waals surface area contributed by atoms with Gasteiger partial charge in [0.1, 0.15) is 0 Å². The van der Waals surface area contributed by atoms with Crippen LogP contribution in [0.2, 0.25) is 15.1 Å². The number of sulfonamides is 1. The summed E-state index contributed by atoms with van der Waals surface area (Å²) in [6.07, 6.45) is -4.77. The zero-order valence-corrected chi connectivity index (χ0v) is 14.7. The molecule has 0 fully saturated rings. The third-order valence-electron chi connectivity index (χ3n) is 2.95. The van der Waals surface area contributed by atoms with Gasteiger partial charge in [0, 0.05) is 20.6 Å². The quantitative estimate of drug-likeness (QED) is 0.702. The molecule has 1 N–H and O–H groups in total. The number of hydrogen-bond acceptors (Lipinski definition) is 2. The Bertz CT molecular complexity index is 850. The van der Waals surface area contributed by atoms with Gasteiger partial charge in [-0.05, 0) is 30.3 Å². The molecule has 24 heavy (non-hydrogen) atoms. The summed E-state index contributed by atoms with van der Waals surface area (Å²) in [6, 6.07) is 7.12. The van der Waals surface area contributed by atoms with Crippen molar-refractivity contribution in [2.45, 2.75) is 11.9 Å². The topological polar surface area (TPSA) is 46.2 Å². The van der Waals surface area contributed by atoms with Crippen molar-refractivity contribution in [1.29, 1.82) is 0 Å². The van der Waals surface area contributed by atoms with E-state index >= 15 is 0 Å². The fourth-order valence-electron chi connectivity index (χ4n) is 1.90. The lowest BCUT2D eigenvalue weighted by Crippen LogP contribution is -2.19. The number of alkyl halides is 3. The van der Waals surface area contributed by atoms with Crippen LogP contribution in [-0.2, 0) is 22.0 Å². The van der Waals surface area contributed by atoms with Crippen molar-refractivity contribution < 1.29 is 21.6 Å². The van der Waals surface area contributed by atoms with Crippen molar-refractivity contribution in [2.24, 2.45) is 0 Å². The second-order valence-corrected chi connectivity index (χ2v) is 7.72. The molecule has 0 saturated heterocycles. The molecule has 0 heterocycles. The Morgan fingerprint density at radius 1 is 1.00 bits per heavy atom. The Morgan fingerprint density at radius 2 is 1.58 bits per heavy atom. The Balaban J connectivity index is 2.37. The molecule has 0 aliphatic heterocycles. The summed E-state index contributed by atoms with van der Waals surface area (Å²) in [6.45, 7) is 0. The van der Waals surface area contributed by atoms with E-state index in [-0.39, 0.29) is 20.6 Å². The summed E-state index contributed by atoms with van der Waals surface area (Å²) in [5.41, 5.74) is -1.73. The van der Waals surface area contributed by atoms with Gasteiger partial charge in [0.05, 0.1) is 17.0 Å². The van der Waals surface area contributed by atoms with Crippen molar-refractivity contribution in [2.75, 3.05) is 4.72 Å². The normalized spacial score (nSPS) is 12.2. The van der Waals surface area contributed by atoms with Gasteiger partial charge >= 0.3 is 6.18 Å². The highest BCUT2D eigenvalue weighted by Crippen LogP contribution is 2.37. The fourth-order valence-corrected chi connectivity index (χ4v) is 4.04. The van der Waals surface area contributed by atoms with Crippen molar-refractivity contribution in [3.05, 3.63) is 62.6 Å². The van der Waals surface area contributed by atoms with Crippen LogP contribution in [0.5, 0.6) is 0 Å². The average molecular weight is 419 g/mol. The molecule has 2 aromatic carbocycles. The Hall–Kier alpha value is -1.15. The summed E-state index contributed by atoms with van der Waals surface area (Å²) in [5.74, 6) is -0.675. The second-order valence-electron chi connectivity index (χ2n) is 4.75. The van der Waals surface area contributed by atoms with Gasteiger partial charge in [-0.2, -0.15) is 13.2 Å². The van der Waals surface area contributed by atoms with Crippen LogP contribution in [0.3, 0.4) is 0 Å². The minimum Gasteiger partial charge on any atom is -0.283 e. The van der Waals surface area contributed by atoms with Gasteiger partial charge < -0.3 is 0 Å². The van der Waals surface area contributed by atoms with E-state index in [1.165, 1.54) is 18.2 Å². The smallest absolute Gasteiger partial charge is 0.283 e. The van der Waals surface area contributed by atoms with E-state index in [2.05, 4.69) is 0 Å². The van der Waals surface area contributed by atoms with Crippen molar-refractivity contribution in [3.63, 3.8) is 0 Å². The Kier molecular flexibility index (Phi) is 5.59. The number of halogens is 6. The SMILES string of the molecule is O=S(=O)(Cc1c(Cl)cccc1Cl)Nc1ccc(Cl)cc1C(F)(F)F. The Labute approximate surface area is 151 Å². The van der Waals surface area contributed by atoms with E-state index in [1.807, 2.05) is 4.72 Å². The lowest BCUT2D eigenvalue weighted by molar-refractivity contribution is -0.136. The van der Waals surface area contributed by atoms with Crippen LogP contribution < -0.4 is 4.72 Å². The third-order valence-corrected chi connectivity index (χ3v) is 5.09. The van der Waals surface area contributed by atoms with Crippen LogP contribution in [0.1, 0.15) is 11.1 Å². The number of benzene rings is 2. The summed E-state index contributed by atoms with van der Waals surface area (Å²) in [7, 11) is -4.19. The molecular weight excluding hydrogens is 410 g/mol. The minimum atomic E-state index is -4.77. The predicted molar refractivity (Wildman–Crippen MR) is 89.2 cm³/mol. The third kappa shape index (κ3) is 4.69. The standard InChI is InChI=1S/C14H9Cl3F3NO2S/c15-8-4-5-13(10(6-8)14(18,19)20)21-24(22,23)7-9-11(16)2-1-3-12(9)17/h1-6,21H,7H2. The minimum absolute atomic E-state index is 0.0934. The molecule has 0 unspecified atom stereocenters. The largest absolute Gasteiger partial charge is 0.418 e. The summed E-state index contributed by atoms with van der Waals surface area (Å²) in [4.78, 5) is 0. The summed E-state index contributed by atoms with van der Waals surface area (Å²) in [5, 5.41) is 0.0273. The average Bonchev–Trinajstić information content (AvgIpc) is 2.44. The first kappa shape index (κ1) is 19.2. The van der Waals surface area contributed by atoms with Gasteiger partial charge in [0.15, 0.2) is 0 Å². The number of anilines is 1. The predicted octanol–water partition coefficient (Wildman–Crippen LogP) is 5.61. The first-order chi connectivity index (χ1) is 11.0. The molecule has 0 amide bonds. The van der Waals surface area contributed by atoms with Crippen molar-refractivity contribution in [1.82, 2.24) is 0 Å². The molecule has 0 bridgehead atoms. The molecule has 2 rings (SSSR count). The van der Waals surface area contributed by atoms with Crippen molar-refractivity contribution >= 4 is 50.5 Å². The van der Waals surface area contributed by atoms with Gasteiger partial charge in [-0.15, -0.1) is 0 Å². The van der Waals surface area contributed by atoms with Gasteiger partial charge in [-0.3, -0.25) is 4.72 Å².